The van der Waals surface area contributed by atoms with E-state index in [2.05, 4.69) is 101 Å². The van der Waals surface area contributed by atoms with Crippen molar-refractivity contribution in [2.24, 2.45) is 23.7 Å². The third-order valence-electron chi connectivity index (χ3n) is 8.15. The van der Waals surface area contributed by atoms with Gasteiger partial charge in [-0.25, -0.2) is 0 Å². The van der Waals surface area contributed by atoms with Crippen molar-refractivity contribution in [3.05, 3.63) is 107 Å². The molecule has 0 spiro atoms. The van der Waals surface area contributed by atoms with E-state index in [1.807, 2.05) is 0 Å². The van der Waals surface area contributed by atoms with Crippen molar-refractivity contribution in [2.45, 2.75) is 66.2 Å². The van der Waals surface area contributed by atoms with E-state index in [1.54, 1.807) is 11.1 Å². The first-order valence-corrected chi connectivity index (χ1v) is 12.7. The van der Waals surface area contributed by atoms with Gasteiger partial charge in [-0.2, -0.15) is 12.8 Å². The third kappa shape index (κ3) is 11.3. The summed E-state index contributed by atoms with van der Waals surface area (Å²) >= 11 is 0. The van der Waals surface area contributed by atoms with Gasteiger partial charge in [-0.15, -0.1) is 73.6 Å². The molecule has 6 aliphatic rings. The topological polar surface area (TPSA) is 0 Å². The molecule has 2 saturated carbocycles. The smallest absolute Gasteiger partial charge is 0 e. The largest absolute Gasteiger partial charge is 0.321 e. The van der Waals surface area contributed by atoms with Crippen LogP contribution in [0, 0.1) is 36.5 Å². The van der Waals surface area contributed by atoms with Crippen molar-refractivity contribution < 1.29 is 52.4 Å². The van der Waals surface area contributed by atoms with Crippen LogP contribution in [-0.2, 0) is 52.4 Å². The van der Waals surface area contributed by atoms with Crippen molar-refractivity contribution in [1.82, 2.24) is 0 Å². The van der Waals surface area contributed by atoms with Crippen LogP contribution in [0.2, 0.25) is 0 Å². The van der Waals surface area contributed by atoms with Gasteiger partial charge >= 0.3 is 0 Å². The van der Waals surface area contributed by atoms with Gasteiger partial charge in [0.2, 0.25) is 0 Å². The van der Waals surface area contributed by atoms with E-state index in [9.17, 15) is 0 Å². The molecule has 4 unspecified atom stereocenters. The maximum atomic E-state index is 2.42. The Labute approximate surface area is 296 Å². The molecule has 6 aliphatic carbocycles. The Morgan fingerprint density at radius 2 is 0.895 bits per heavy atom. The summed E-state index contributed by atoms with van der Waals surface area (Å²) in [4.78, 5) is 0. The molecule has 0 aromatic heterocycles. The minimum atomic E-state index is 0. The molecule has 38 heavy (non-hydrogen) atoms. The summed E-state index contributed by atoms with van der Waals surface area (Å²) in [6, 6.07) is 0. The number of hydrogen-bond donors (Lipinski definition) is 0. The van der Waals surface area contributed by atoms with Crippen LogP contribution in [0.15, 0.2) is 94.2 Å². The zero-order valence-electron chi connectivity index (χ0n) is 23.1. The Kier molecular flexibility index (Phi) is 24.5. The molecule has 0 radical (unpaired) electrons. The Bertz CT molecular complexity index is 852. The Hall–Kier alpha value is 0.846. The average Bonchev–Trinajstić information content (AvgIpc) is 3.60. The fourth-order valence-electron chi connectivity index (χ4n) is 5.68. The number of rotatable bonds is 1. The number of allylic oxidation sites excluding steroid dienone is 16. The van der Waals surface area contributed by atoms with Gasteiger partial charge in [0.05, 0.1) is 0 Å². The van der Waals surface area contributed by atoms with Gasteiger partial charge in [0.25, 0.3) is 0 Å². The first-order chi connectivity index (χ1) is 15.5. The van der Waals surface area contributed by atoms with Gasteiger partial charge in [-0.3, -0.25) is 0 Å². The van der Waals surface area contributed by atoms with E-state index < -0.39 is 0 Å². The molecule has 0 aromatic carbocycles. The molecule has 0 aliphatic heterocycles. The Morgan fingerprint density at radius 1 is 0.553 bits per heavy atom. The molecule has 0 N–H and O–H groups in total. The average molecular weight is 753 g/mol. The second-order valence-corrected chi connectivity index (χ2v) is 10.0. The zero-order valence-corrected chi connectivity index (χ0v) is 31.3. The van der Waals surface area contributed by atoms with Crippen LogP contribution in [0.1, 0.15) is 66.2 Å². The summed E-state index contributed by atoms with van der Waals surface area (Å²) in [5.41, 5.74) is 9.08. The standard InChI is InChI=1S/C14H18.2C9H11.4ClH.2Zr/c1-9-5-7-13(11(9)3)14-8-6-10(2)12(14)4;2*1-2-5-9-7-3-6-8(9)4-1;;;;;;/h5-6H,7-8H2,1-4H3;2*1-2,4-6,8-9H,3,7H2;4*1H;;/q;2*-1;;;;;;. The minimum absolute atomic E-state index is 0. The molecule has 0 aromatic rings. The first kappa shape index (κ1) is 43.3. The predicted octanol–water partition coefficient (Wildman–Crippen LogP) is 10.7. The van der Waals surface area contributed by atoms with Gasteiger partial charge in [-0.05, 0) is 74.7 Å². The first-order valence-electron chi connectivity index (χ1n) is 12.7. The molecule has 6 rings (SSSR count). The van der Waals surface area contributed by atoms with Crippen LogP contribution in [-0.4, -0.2) is 0 Å². The SMILES string of the molecule is C1=CC2[CH-]CCC2C=C1.C1=CC2[CH-]CCC2C=C1.CC1=CCC(C2=C(C)C(C)=CC2)=C1C.Cl.Cl.Cl.Cl.[Zr].[Zr]. The van der Waals surface area contributed by atoms with Crippen molar-refractivity contribution in [2.75, 3.05) is 0 Å². The number of hydrogen-bond acceptors (Lipinski definition) is 0. The molecule has 6 heteroatoms. The second kappa shape index (κ2) is 21.5. The van der Waals surface area contributed by atoms with Crippen LogP contribution in [0.3, 0.4) is 0 Å². The van der Waals surface area contributed by atoms with Gasteiger partial charge in [0.15, 0.2) is 0 Å². The van der Waals surface area contributed by atoms with Crippen molar-refractivity contribution in [3.8, 4) is 0 Å². The quantitative estimate of drug-likeness (QED) is 0.234. The van der Waals surface area contributed by atoms with E-state index in [0.29, 0.717) is 0 Å². The Balaban J connectivity index is -0.000000460. The summed E-state index contributed by atoms with van der Waals surface area (Å²) < 4.78 is 0. The van der Waals surface area contributed by atoms with Crippen LogP contribution >= 0.6 is 49.6 Å². The fourth-order valence-corrected chi connectivity index (χ4v) is 5.68. The molecule has 4 atom stereocenters. The van der Waals surface area contributed by atoms with Gasteiger partial charge in [0, 0.05) is 52.4 Å². The molecule has 0 heterocycles. The van der Waals surface area contributed by atoms with Crippen LogP contribution < -0.4 is 0 Å². The van der Waals surface area contributed by atoms with Crippen molar-refractivity contribution >= 4 is 49.6 Å². The molecule has 0 saturated heterocycles. The zero-order chi connectivity index (χ0) is 22.5. The summed E-state index contributed by atoms with van der Waals surface area (Å²) in [6.07, 6.45) is 35.1. The summed E-state index contributed by atoms with van der Waals surface area (Å²) in [5, 5.41) is 0. The molecule has 0 bridgehead atoms. The van der Waals surface area contributed by atoms with E-state index in [4.69, 9.17) is 0 Å². The van der Waals surface area contributed by atoms with E-state index in [0.717, 1.165) is 36.5 Å². The van der Waals surface area contributed by atoms with E-state index >= 15 is 0 Å². The van der Waals surface area contributed by atoms with E-state index in [-0.39, 0.29) is 102 Å². The third-order valence-corrected chi connectivity index (χ3v) is 8.15. The molecule has 210 valence electrons. The Morgan fingerprint density at radius 3 is 1.18 bits per heavy atom. The maximum Gasteiger partial charge on any atom is 0 e. The summed E-state index contributed by atoms with van der Waals surface area (Å²) in [7, 11) is 0. The predicted molar refractivity (Wildman–Crippen MR) is 169 cm³/mol. The molecular formula is C32H44Cl4Zr2-2. The monoisotopic (exact) mass is 748 g/mol. The fraction of sp³-hybridized carbons (Fsp3) is 0.438. The minimum Gasteiger partial charge on any atom is -0.321 e. The van der Waals surface area contributed by atoms with Crippen molar-refractivity contribution in [3.63, 3.8) is 0 Å². The van der Waals surface area contributed by atoms with Crippen LogP contribution in [0.25, 0.3) is 0 Å². The summed E-state index contributed by atoms with van der Waals surface area (Å²) in [5.74, 6) is 3.23. The second-order valence-electron chi connectivity index (χ2n) is 10.0. The summed E-state index contributed by atoms with van der Waals surface area (Å²) in [6.45, 7) is 8.94. The maximum absolute atomic E-state index is 2.42. The molecule has 2 fully saturated rings. The molecule has 0 amide bonds. The van der Waals surface area contributed by atoms with Gasteiger partial charge in [-0.1, -0.05) is 72.6 Å². The van der Waals surface area contributed by atoms with Gasteiger partial charge < -0.3 is 12.8 Å². The number of fused-ring (bicyclic) bond motifs is 2. The molecular weight excluding hydrogens is 709 g/mol. The number of halogens is 4. The van der Waals surface area contributed by atoms with Crippen molar-refractivity contribution in [1.29, 1.82) is 0 Å². The van der Waals surface area contributed by atoms with E-state index in [1.165, 1.54) is 48.0 Å². The van der Waals surface area contributed by atoms with Crippen LogP contribution in [0.4, 0.5) is 0 Å². The van der Waals surface area contributed by atoms with Crippen LogP contribution in [0.5, 0.6) is 0 Å². The molecule has 0 nitrogen and oxygen atoms in total. The van der Waals surface area contributed by atoms with Gasteiger partial charge in [0.1, 0.15) is 0 Å². The normalized spacial score (nSPS) is 26.6.